The Kier molecular flexibility index (Phi) is 5.74. The van der Waals surface area contributed by atoms with Crippen LogP contribution in [0.15, 0.2) is 58.6 Å². The molecule has 2 aromatic rings. The van der Waals surface area contributed by atoms with Crippen LogP contribution in [0.25, 0.3) is 5.70 Å². The molecule has 1 aliphatic rings. The smallest absolute Gasteiger partial charge is 0.249 e. The van der Waals surface area contributed by atoms with Crippen molar-refractivity contribution in [2.75, 3.05) is 6.61 Å². The monoisotopic (exact) mass is 442 g/mol. The minimum atomic E-state index is -0.627. The van der Waals surface area contributed by atoms with Crippen molar-refractivity contribution >= 4 is 44.9 Å². The van der Waals surface area contributed by atoms with Gasteiger partial charge in [0, 0.05) is 10.0 Å². The Morgan fingerprint density at radius 2 is 2.04 bits per heavy atom. The van der Waals surface area contributed by atoms with Gasteiger partial charge in [-0.05, 0) is 36.0 Å². The molecule has 0 radical (unpaired) electrons. The summed E-state index contributed by atoms with van der Waals surface area (Å²) in [7, 11) is 0. The molecule has 4 N–H and O–H groups in total. The van der Waals surface area contributed by atoms with Crippen LogP contribution in [-0.2, 0) is 4.79 Å². The molecule has 6 nitrogen and oxygen atoms in total. The minimum Gasteiger partial charge on any atom is -0.478 e. The lowest BCUT2D eigenvalue weighted by molar-refractivity contribution is -0.114. The van der Waals surface area contributed by atoms with Crippen LogP contribution in [0.2, 0.25) is 0 Å². The fourth-order valence-corrected chi connectivity index (χ4v) is 3.48. The van der Waals surface area contributed by atoms with Gasteiger partial charge in [0.15, 0.2) is 11.7 Å². The zero-order chi connectivity index (χ0) is 19.4. The van der Waals surface area contributed by atoms with Crippen LogP contribution < -0.4 is 21.1 Å². The van der Waals surface area contributed by atoms with Crippen molar-refractivity contribution in [2.24, 2.45) is 5.73 Å². The molecule has 0 aromatic heterocycles. The van der Waals surface area contributed by atoms with E-state index in [0.29, 0.717) is 27.7 Å². The Hall–Kier alpha value is -2.89. The number of carbonyl (C=O) groups excluding carboxylic acids is 1. The van der Waals surface area contributed by atoms with Crippen molar-refractivity contribution in [1.82, 2.24) is 10.6 Å². The van der Waals surface area contributed by atoms with Gasteiger partial charge in [0.05, 0.1) is 17.3 Å². The number of thiocarbonyl (C=S) groups is 1. The van der Waals surface area contributed by atoms with Gasteiger partial charge in [0.2, 0.25) is 5.91 Å². The van der Waals surface area contributed by atoms with Gasteiger partial charge in [0.25, 0.3) is 0 Å². The second kappa shape index (κ2) is 8.20. The fraction of sp³-hybridized carbons (Fsp3) is 0.105. The second-order valence-electron chi connectivity index (χ2n) is 5.68. The molecular weight excluding hydrogens is 428 g/mol. The molecule has 0 bridgehead atoms. The normalized spacial score (nSPS) is 16.1. The topological polar surface area (TPSA) is 100 Å². The quantitative estimate of drug-likeness (QED) is 0.615. The molecule has 27 heavy (non-hydrogen) atoms. The Morgan fingerprint density at radius 1 is 1.30 bits per heavy atom. The molecule has 8 heteroatoms. The standard InChI is InChI=1S/C19H15BrN4O2S/c20-12-6-7-14(26-9-8-21)13(10-12)17-15(18(22)25)16(23-19(27)24-17)11-4-2-1-3-5-11/h1-7,10,17H,9H2,(H2,22,25)(H2,23,24,27)/t17-/m0/s1. The van der Waals surface area contributed by atoms with Gasteiger partial charge in [-0.25, -0.2) is 0 Å². The maximum Gasteiger partial charge on any atom is 0.249 e. The van der Waals surface area contributed by atoms with E-state index in [0.717, 1.165) is 10.0 Å². The minimum absolute atomic E-state index is 0.120. The summed E-state index contributed by atoms with van der Waals surface area (Å²) in [5.74, 6) is -0.124. The number of nitrogens with two attached hydrogens (primary N) is 1. The molecule has 0 spiro atoms. The Balaban J connectivity index is 2.19. The lowest BCUT2D eigenvalue weighted by atomic mass is 9.92. The first-order chi connectivity index (χ1) is 13.0. The maximum absolute atomic E-state index is 12.4. The average Bonchev–Trinajstić information content (AvgIpc) is 2.66. The highest BCUT2D eigenvalue weighted by molar-refractivity contribution is 9.10. The van der Waals surface area contributed by atoms with Crippen LogP contribution in [0.1, 0.15) is 17.2 Å². The van der Waals surface area contributed by atoms with E-state index in [1.165, 1.54) is 0 Å². The van der Waals surface area contributed by atoms with Gasteiger partial charge < -0.3 is 21.1 Å². The van der Waals surface area contributed by atoms with Crippen LogP contribution in [0.4, 0.5) is 0 Å². The van der Waals surface area contributed by atoms with E-state index in [-0.39, 0.29) is 6.61 Å². The van der Waals surface area contributed by atoms with Gasteiger partial charge in [0.1, 0.15) is 11.8 Å². The molecule has 0 unspecified atom stereocenters. The number of amides is 1. The summed E-state index contributed by atoms with van der Waals surface area (Å²) in [6.45, 7) is -0.120. The molecule has 1 heterocycles. The van der Waals surface area contributed by atoms with E-state index < -0.39 is 11.9 Å². The highest BCUT2D eigenvalue weighted by Crippen LogP contribution is 2.36. The summed E-state index contributed by atoms with van der Waals surface area (Å²) >= 11 is 8.78. The van der Waals surface area contributed by atoms with E-state index in [1.807, 2.05) is 42.5 Å². The van der Waals surface area contributed by atoms with E-state index in [2.05, 4.69) is 26.6 Å². The van der Waals surface area contributed by atoms with E-state index in [4.69, 9.17) is 28.0 Å². The molecular formula is C19H15BrN4O2S. The van der Waals surface area contributed by atoms with Crippen molar-refractivity contribution in [3.8, 4) is 11.8 Å². The molecule has 0 saturated carbocycles. The Morgan fingerprint density at radius 3 is 2.70 bits per heavy atom. The number of nitrogens with one attached hydrogen (secondary N) is 2. The molecule has 136 valence electrons. The molecule has 0 saturated heterocycles. The summed E-state index contributed by atoms with van der Waals surface area (Å²) in [6, 6.07) is 16.0. The number of nitriles is 1. The van der Waals surface area contributed by atoms with Gasteiger partial charge in [-0.15, -0.1) is 0 Å². The van der Waals surface area contributed by atoms with Gasteiger partial charge >= 0.3 is 0 Å². The number of nitrogens with zero attached hydrogens (tertiary/aromatic N) is 1. The molecule has 2 aromatic carbocycles. The third-order valence-corrected chi connectivity index (χ3v) is 4.69. The van der Waals surface area contributed by atoms with Gasteiger partial charge in [-0.3, -0.25) is 4.79 Å². The van der Waals surface area contributed by atoms with Crippen LogP contribution in [0.3, 0.4) is 0 Å². The third-order valence-electron chi connectivity index (χ3n) is 3.97. The molecule has 1 aliphatic heterocycles. The lowest BCUT2D eigenvalue weighted by Crippen LogP contribution is -2.46. The molecule has 3 rings (SSSR count). The van der Waals surface area contributed by atoms with Crippen molar-refractivity contribution in [3.05, 3.63) is 69.7 Å². The Labute approximate surface area is 170 Å². The molecule has 1 amide bonds. The van der Waals surface area contributed by atoms with Gasteiger partial charge in [-0.1, -0.05) is 46.3 Å². The van der Waals surface area contributed by atoms with Crippen molar-refractivity contribution in [3.63, 3.8) is 0 Å². The lowest BCUT2D eigenvalue weighted by Gasteiger charge is -2.31. The number of carbonyl (C=O) groups is 1. The predicted octanol–water partition coefficient (Wildman–Crippen LogP) is 2.77. The number of rotatable bonds is 5. The van der Waals surface area contributed by atoms with Crippen molar-refractivity contribution in [2.45, 2.75) is 6.04 Å². The number of halogens is 1. The van der Waals surface area contributed by atoms with E-state index >= 15 is 0 Å². The number of hydrogen-bond acceptors (Lipinski definition) is 4. The van der Waals surface area contributed by atoms with E-state index in [1.54, 1.807) is 12.1 Å². The zero-order valence-electron chi connectivity index (χ0n) is 14.0. The SMILES string of the molecule is N#CCOc1ccc(Br)cc1[C@@H]1NC(=S)NC(c2ccccc2)=C1C(N)=O. The second-order valence-corrected chi connectivity index (χ2v) is 7.00. The first-order valence-electron chi connectivity index (χ1n) is 7.97. The third kappa shape index (κ3) is 4.10. The van der Waals surface area contributed by atoms with Crippen LogP contribution in [0.5, 0.6) is 5.75 Å². The highest BCUT2D eigenvalue weighted by Gasteiger charge is 2.32. The number of benzene rings is 2. The summed E-state index contributed by atoms with van der Waals surface area (Å²) < 4.78 is 6.33. The van der Waals surface area contributed by atoms with E-state index in [9.17, 15) is 4.79 Å². The predicted molar refractivity (Wildman–Crippen MR) is 109 cm³/mol. The first-order valence-corrected chi connectivity index (χ1v) is 9.17. The van der Waals surface area contributed by atoms with Crippen molar-refractivity contribution in [1.29, 1.82) is 5.26 Å². The van der Waals surface area contributed by atoms with Crippen LogP contribution in [-0.4, -0.2) is 17.6 Å². The Bertz CT molecular complexity index is 969. The summed E-state index contributed by atoms with van der Waals surface area (Å²) in [5, 5.41) is 15.3. The molecule has 0 fully saturated rings. The fourth-order valence-electron chi connectivity index (χ4n) is 2.88. The maximum atomic E-state index is 12.4. The van der Waals surface area contributed by atoms with Crippen LogP contribution in [0, 0.1) is 11.3 Å². The highest BCUT2D eigenvalue weighted by atomic mass is 79.9. The number of primary amides is 1. The zero-order valence-corrected chi connectivity index (χ0v) is 16.4. The van der Waals surface area contributed by atoms with Gasteiger partial charge in [-0.2, -0.15) is 5.26 Å². The number of hydrogen-bond donors (Lipinski definition) is 3. The van der Waals surface area contributed by atoms with Crippen molar-refractivity contribution < 1.29 is 9.53 Å². The number of ether oxygens (including phenoxy) is 1. The summed E-state index contributed by atoms with van der Waals surface area (Å²) in [6.07, 6.45) is 0. The first kappa shape index (κ1) is 18.9. The summed E-state index contributed by atoms with van der Waals surface area (Å²) in [5.41, 5.74) is 8.04. The molecule has 0 aliphatic carbocycles. The van der Waals surface area contributed by atoms with Crippen LogP contribution >= 0.6 is 28.1 Å². The molecule has 1 atom stereocenters. The largest absolute Gasteiger partial charge is 0.478 e. The average molecular weight is 443 g/mol. The summed E-state index contributed by atoms with van der Waals surface area (Å²) in [4.78, 5) is 12.4.